The zero-order valence-electron chi connectivity index (χ0n) is 11.5. The monoisotopic (exact) mass is 261 g/mol. The molecule has 1 aliphatic rings. The summed E-state index contributed by atoms with van der Waals surface area (Å²) in [6.07, 6.45) is 2.48. The summed E-state index contributed by atoms with van der Waals surface area (Å²) < 4.78 is 0. The zero-order valence-corrected chi connectivity index (χ0v) is 11.5. The van der Waals surface area contributed by atoms with Crippen LogP contribution in [0.4, 0.5) is 5.69 Å². The predicted molar refractivity (Wildman–Crippen MR) is 78.5 cm³/mol. The van der Waals surface area contributed by atoms with Crippen LogP contribution < -0.4 is 16.0 Å². The van der Waals surface area contributed by atoms with Crippen LogP contribution in [-0.4, -0.2) is 32.1 Å². The number of rotatable bonds is 5. The summed E-state index contributed by atoms with van der Waals surface area (Å²) in [7, 11) is 0. The number of amides is 1. The molecule has 4 nitrogen and oxygen atoms in total. The summed E-state index contributed by atoms with van der Waals surface area (Å²) >= 11 is 0. The van der Waals surface area contributed by atoms with Crippen molar-refractivity contribution in [3.63, 3.8) is 0 Å². The van der Waals surface area contributed by atoms with E-state index in [9.17, 15) is 4.79 Å². The van der Waals surface area contributed by atoms with Gasteiger partial charge in [0.25, 0.3) is 5.91 Å². The van der Waals surface area contributed by atoms with Crippen LogP contribution in [0.5, 0.6) is 0 Å². The Hall–Kier alpha value is -1.55. The third kappa shape index (κ3) is 4.24. The van der Waals surface area contributed by atoms with Gasteiger partial charge in [-0.15, -0.1) is 0 Å². The lowest BCUT2D eigenvalue weighted by atomic mass is 9.98. The molecule has 0 bridgehead atoms. The van der Waals surface area contributed by atoms with E-state index in [-0.39, 0.29) is 5.91 Å². The number of nitrogens with one attached hydrogen (secondary N) is 3. The van der Waals surface area contributed by atoms with E-state index in [1.165, 1.54) is 12.8 Å². The van der Waals surface area contributed by atoms with Crippen molar-refractivity contribution in [2.24, 2.45) is 5.92 Å². The van der Waals surface area contributed by atoms with Gasteiger partial charge in [0.05, 0.1) is 0 Å². The van der Waals surface area contributed by atoms with Crippen LogP contribution in [0.2, 0.25) is 0 Å². The molecule has 0 spiro atoms. The largest absolute Gasteiger partial charge is 0.385 e. The molecule has 104 valence electrons. The number of hydrogen-bond donors (Lipinski definition) is 3. The summed E-state index contributed by atoms with van der Waals surface area (Å²) in [5.41, 5.74) is 1.81. The van der Waals surface area contributed by atoms with Gasteiger partial charge in [-0.1, -0.05) is 0 Å². The molecule has 1 aromatic rings. The topological polar surface area (TPSA) is 53.2 Å². The summed E-state index contributed by atoms with van der Waals surface area (Å²) in [6, 6.07) is 7.70. The van der Waals surface area contributed by atoms with Gasteiger partial charge >= 0.3 is 0 Å². The maximum Gasteiger partial charge on any atom is 0.251 e. The molecule has 1 aromatic carbocycles. The molecule has 0 aromatic heterocycles. The second kappa shape index (κ2) is 7.14. The molecule has 3 N–H and O–H groups in total. The van der Waals surface area contributed by atoms with Gasteiger partial charge in [-0.2, -0.15) is 0 Å². The Labute approximate surface area is 115 Å². The van der Waals surface area contributed by atoms with E-state index in [1.54, 1.807) is 0 Å². The van der Waals surface area contributed by atoms with Crippen molar-refractivity contribution in [3.8, 4) is 0 Å². The van der Waals surface area contributed by atoms with Crippen LogP contribution >= 0.6 is 0 Å². The maximum absolute atomic E-state index is 11.6. The quantitative estimate of drug-likeness (QED) is 0.758. The molecule has 1 heterocycles. The van der Waals surface area contributed by atoms with Crippen molar-refractivity contribution in [2.75, 3.05) is 31.5 Å². The van der Waals surface area contributed by atoms with Crippen molar-refractivity contribution >= 4 is 11.6 Å². The predicted octanol–water partition coefficient (Wildman–Crippen LogP) is 1.85. The Bertz CT molecular complexity index is 396. The molecule has 19 heavy (non-hydrogen) atoms. The van der Waals surface area contributed by atoms with Crippen LogP contribution in [0.15, 0.2) is 24.3 Å². The number of piperidine rings is 1. The molecular formula is C15H23N3O. The van der Waals surface area contributed by atoms with Crippen LogP contribution in [0.25, 0.3) is 0 Å². The third-order valence-corrected chi connectivity index (χ3v) is 3.54. The number of anilines is 1. The maximum atomic E-state index is 11.6. The SMILES string of the molecule is CCNC(=O)c1ccc(NCC2CCNCC2)cc1. The smallest absolute Gasteiger partial charge is 0.251 e. The fourth-order valence-corrected chi connectivity index (χ4v) is 2.35. The van der Waals surface area contributed by atoms with Gasteiger partial charge in [-0.05, 0) is 63.0 Å². The highest BCUT2D eigenvalue weighted by Crippen LogP contribution is 2.14. The van der Waals surface area contributed by atoms with Gasteiger partial charge in [0, 0.05) is 24.3 Å². The van der Waals surface area contributed by atoms with Crippen molar-refractivity contribution < 1.29 is 4.79 Å². The lowest BCUT2D eigenvalue weighted by Gasteiger charge is -2.23. The number of hydrogen-bond acceptors (Lipinski definition) is 3. The van der Waals surface area contributed by atoms with Crippen molar-refractivity contribution in [1.29, 1.82) is 0 Å². The second-order valence-electron chi connectivity index (χ2n) is 5.01. The average Bonchev–Trinajstić information content (AvgIpc) is 2.47. The molecule has 0 aliphatic carbocycles. The molecule has 1 saturated heterocycles. The van der Waals surface area contributed by atoms with E-state index in [2.05, 4.69) is 16.0 Å². The minimum Gasteiger partial charge on any atom is -0.385 e. The first kappa shape index (κ1) is 13.9. The Balaban J connectivity index is 1.82. The molecule has 2 rings (SSSR count). The summed E-state index contributed by atoms with van der Waals surface area (Å²) in [5.74, 6) is 0.747. The van der Waals surface area contributed by atoms with Gasteiger partial charge in [0.1, 0.15) is 0 Å². The zero-order chi connectivity index (χ0) is 13.5. The second-order valence-corrected chi connectivity index (χ2v) is 5.01. The van der Waals surface area contributed by atoms with E-state index in [1.807, 2.05) is 31.2 Å². The lowest BCUT2D eigenvalue weighted by Crippen LogP contribution is -2.31. The minimum absolute atomic E-state index is 0.00703. The van der Waals surface area contributed by atoms with E-state index in [0.717, 1.165) is 31.2 Å². The van der Waals surface area contributed by atoms with Crippen molar-refractivity contribution in [1.82, 2.24) is 10.6 Å². The normalized spacial score (nSPS) is 16.1. The minimum atomic E-state index is -0.00703. The number of carbonyl (C=O) groups excluding carboxylic acids is 1. The van der Waals surface area contributed by atoms with Crippen LogP contribution in [-0.2, 0) is 0 Å². The summed E-state index contributed by atoms with van der Waals surface area (Å²) in [4.78, 5) is 11.6. The first-order chi connectivity index (χ1) is 9.29. The van der Waals surface area contributed by atoms with Crippen LogP contribution in [0.3, 0.4) is 0 Å². The molecule has 1 fully saturated rings. The lowest BCUT2D eigenvalue weighted by molar-refractivity contribution is 0.0956. The summed E-state index contributed by atoms with van der Waals surface area (Å²) in [5, 5.41) is 9.62. The Morgan fingerprint density at radius 1 is 1.26 bits per heavy atom. The average molecular weight is 261 g/mol. The fraction of sp³-hybridized carbons (Fsp3) is 0.533. The van der Waals surface area contributed by atoms with Gasteiger partial charge in [-0.3, -0.25) is 4.79 Å². The first-order valence-electron chi connectivity index (χ1n) is 7.12. The molecule has 0 radical (unpaired) electrons. The van der Waals surface area contributed by atoms with Gasteiger partial charge in [-0.25, -0.2) is 0 Å². The van der Waals surface area contributed by atoms with E-state index >= 15 is 0 Å². The van der Waals surface area contributed by atoms with Gasteiger partial charge in [0.15, 0.2) is 0 Å². The van der Waals surface area contributed by atoms with E-state index in [4.69, 9.17) is 0 Å². The molecule has 1 aliphatic heterocycles. The van der Waals surface area contributed by atoms with E-state index in [0.29, 0.717) is 12.1 Å². The highest BCUT2D eigenvalue weighted by atomic mass is 16.1. The first-order valence-corrected chi connectivity index (χ1v) is 7.12. The molecule has 1 amide bonds. The number of benzene rings is 1. The molecule has 0 atom stereocenters. The molecule has 0 unspecified atom stereocenters. The fourth-order valence-electron chi connectivity index (χ4n) is 2.35. The van der Waals surface area contributed by atoms with Gasteiger partial charge < -0.3 is 16.0 Å². The van der Waals surface area contributed by atoms with Gasteiger partial charge in [0.2, 0.25) is 0 Å². The Morgan fingerprint density at radius 3 is 2.58 bits per heavy atom. The standard InChI is InChI=1S/C15H23N3O/c1-2-17-15(19)13-3-5-14(6-4-13)18-11-12-7-9-16-10-8-12/h3-6,12,16,18H,2,7-11H2,1H3,(H,17,19). The molecule has 0 saturated carbocycles. The van der Waals surface area contributed by atoms with E-state index < -0.39 is 0 Å². The highest BCUT2D eigenvalue weighted by Gasteiger charge is 2.12. The molecule has 4 heteroatoms. The van der Waals surface area contributed by atoms with Crippen molar-refractivity contribution in [3.05, 3.63) is 29.8 Å². The third-order valence-electron chi connectivity index (χ3n) is 3.54. The van der Waals surface area contributed by atoms with Crippen molar-refractivity contribution in [2.45, 2.75) is 19.8 Å². The van der Waals surface area contributed by atoms with Crippen LogP contribution in [0, 0.1) is 5.92 Å². The number of carbonyl (C=O) groups is 1. The highest BCUT2D eigenvalue weighted by molar-refractivity contribution is 5.94. The summed E-state index contributed by atoms with van der Waals surface area (Å²) in [6.45, 7) is 5.86. The Morgan fingerprint density at radius 2 is 1.95 bits per heavy atom. The van der Waals surface area contributed by atoms with Crippen LogP contribution in [0.1, 0.15) is 30.1 Å². The Kier molecular flexibility index (Phi) is 5.21. The molecular weight excluding hydrogens is 238 g/mol.